The van der Waals surface area contributed by atoms with E-state index < -0.39 is 0 Å². The zero-order chi connectivity index (χ0) is 21.8. The second kappa shape index (κ2) is 12.8. The molecule has 0 heterocycles. The largest absolute Gasteiger partial charge is 0.492 e. The van der Waals surface area contributed by atoms with Crippen molar-refractivity contribution in [3.63, 3.8) is 0 Å². The lowest BCUT2D eigenvalue weighted by Crippen LogP contribution is -2.49. The molecular formula is C22H34N4O4. The van der Waals surface area contributed by atoms with Crippen molar-refractivity contribution in [2.75, 3.05) is 39.8 Å². The Morgan fingerprint density at radius 3 is 2.73 bits per heavy atom. The summed E-state index contributed by atoms with van der Waals surface area (Å²) in [5, 5.41) is 8.70. The van der Waals surface area contributed by atoms with E-state index in [0.717, 1.165) is 37.0 Å². The zero-order valence-electron chi connectivity index (χ0n) is 18.0. The van der Waals surface area contributed by atoms with E-state index in [1.54, 1.807) is 7.05 Å². The molecule has 30 heavy (non-hydrogen) atoms. The first-order valence-corrected chi connectivity index (χ1v) is 10.7. The van der Waals surface area contributed by atoms with Crippen LogP contribution >= 0.6 is 0 Å². The second-order valence-corrected chi connectivity index (χ2v) is 7.55. The molecule has 0 aromatic heterocycles. The van der Waals surface area contributed by atoms with Crippen LogP contribution in [0.2, 0.25) is 0 Å². The fraction of sp³-hybridized carbons (Fsp3) is 0.591. The number of para-hydroxylation sites is 1. The molecule has 1 fully saturated rings. The van der Waals surface area contributed by atoms with Gasteiger partial charge in [-0.1, -0.05) is 18.2 Å². The average Bonchev–Trinajstić information content (AvgIpc) is 3.57. The van der Waals surface area contributed by atoms with Crippen LogP contribution < -0.4 is 20.7 Å². The lowest BCUT2D eigenvalue weighted by molar-refractivity contribution is -0.136. The second-order valence-electron chi connectivity index (χ2n) is 7.55. The minimum atomic E-state index is -0.280. The van der Waals surface area contributed by atoms with Crippen LogP contribution in [0.15, 0.2) is 24.3 Å². The lowest BCUT2D eigenvalue weighted by Gasteiger charge is -2.24. The zero-order valence-corrected chi connectivity index (χ0v) is 18.0. The van der Waals surface area contributed by atoms with Gasteiger partial charge in [-0.05, 0) is 50.2 Å². The number of hydrogen-bond donors (Lipinski definition) is 3. The number of benzene rings is 1. The van der Waals surface area contributed by atoms with Crippen molar-refractivity contribution in [2.45, 2.75) is 38.6 Å². The lowest BCUT2D eigenvalue weighted by atomic mass is 10.1. The number of rotatable bonds is 15. The Morgan fingerprint density at radius 2 is 2.03 bits per heavy atom. The molecule has 0 radical (unpaired) electrons. The molecule has 166 valence electrons. The van der Waals surface area contributed by atoms with Crippen LogP contribution in [-0.4, -0.2) is 69.0 Å². The number of hydrogen-bond acceptors (Lipinski definition) is 5. The molecule has 1 aromatic rings. The van der Waals surface area contributed by atoms with Gasteiger partial charge in [-0.3, -0.25) is 14.4 Å². The molecular weight excluding hydrogens is 384 g/mol. The highest BCUT2D eigenvalue weighted by Crippen LogP contribution is 2.33. The van der Waals surface area contributed by atoms with Crippen molar-refractivity contribution in [1.29, 1.82) is 0 Å². The number of aryl methyl sites for hydroxylation is 1. The number of ether oxygens (including phenoxy) is 1. The number of amides is 3. The number of likely N-dealkylation sites (N-methyl/N-ethyl adjacent to an activating group) is 2. The average molecular weight is 419 g/mol. The maximum absolute atomic E-state index is 12.8. The molecule has 1 atom stereocenters. The maximum atomic E-state index is 12.8. The third-order valence-corrected chi connectivity index (χ3v) is 5.04. The molecule has 0 saturated heterocycles. The van der Waals surface area contributed by atoms with Crippen molar-refractivity contribution in [3.05, 3.63) is 29.8 Å². The molecule has 0 spiro atoms. The van der Waals surface area contributed by atoms with E-state index in [2.05, 4.69) is 16.0 Å². The Balaban J connectivity index is 1.79. The van der Waals surface area contributed by atoms with Crippen LogP contribution in [0.1, 0.15) is 31.7 Å². The Morgan fingerprint density at radius 1 is 1.27 bits per heavy atom. The Bertz CT molecular complexity index is 693. The predicted molar refractivity (Wildman–Crippen MR) is 115 cm³/mol. The van der Waals surface area contributed by atoms with Gasteiger partial charge in [-0.25, -0.2) is 0 Å². The van der Waals surface area contributed by atoms with Gasteiger partial charge in [-0.2, -0.15) is 0 Å². The van der Waals surface area contributed by atoms with E-state index >= 15 is 0 Å². The molecule has 0 aliphatic heterocycles. The molecule has 3 N–H and O–H groups in total. The molecule has 2 rings (SSSR count). The number of carbonyl (C=O) groups excluding carboxylic acids is 3. The highest BCUT2D eigenvalue weighted by atomic mass is 16.5. The van der Waals surface area contributed by atoms with Crippen LogP contribution in [0.4, 0.5) is 0 Å². The van der Waals surface area contributed by atoms with Gasteiger partial charge < -0.3 is 25.6 Å². The molecule has 1 unspecified atom stereocenters. The summed E-state index contributed by atoms with van der Waals surface area (Å²) in [6.07, 6.45) is 4.42. The summed E-state index contributed by atoms with van der Waals surface area (Å²) >= 11 is 0. The number of nitrogens with one attached hydrogen (secondary N) is 3. The highest BCUT2D eigenvalue weighted by Gasteiger charge is 2.37. The van der Waals surface area contributed by atoms with Crippen molar-refractivity contribution >= 4 is 18.2 Å². The van der Waals surface area contributed by atoms with Gasteiger partial charge in [0, 0.05) is 26.7 Å². The van der Waals surface area contributed by atoms with Crippen LogP contribution in [-0.2, 0) is 20.8 Å². The van der Waals surface area contributed by atoms with E-state index in [1.165, 1.54) is 4.90 Å². The minimum Gasteiger partial charge on any atom is -0.492 e. The molecule has 1 aromatic carbocycles. The first-order chi connectivity index (χ1) is 14.6. The van der Waals surface area contributed by atoms with E-state index in [-0.39, 0.29) is 24.4 Å². The highest BCUT2D eigenvalue weighted by molar-refractivity contribution is 5.87. The van der Waals surface area contributed by atoms with E-state index in [1.807, 2.05) is 31.2 Å². The van der Waals surface area contributed by atoms with Crippen LogP contribution in [0, 0.1) is 5.92 Å². The molecule has 3 amide bonds. The SMILES string of the molecule is CCNC(=O)CN(C)C(=O)C(NCCOc1ccccc1CCCNC=O)C1CC1. The standard InChI is InChI=1S/C22H34N4O4/c1-3-24-20(28)15-26(2)22(29)21(18-10-11-18)25-13-14-30-19-9-5-4-7-17(19)8-6-12-23-16-27/h4-5,7,9,16,18,21,25H,3,6,8,10-15H2,1-2H3,(H,23,27)(H,24,28). The summed E-state index contributed by atoms with van der Waals surface area (Å²) in [6, 6.07) is 7.59. The van der Waals surface area contributed by atoms with Crippen LogP contribution in [0.25, 0.3) is 0 Å². The Labute approximate surface area is 178 Å². The first-order valence-electron chi connectivity index (χ1n) is 10.7. The monoisotopic (exact) mass is 418 g/mol. The fourth-order valence-electron chi connectivity index (χ4n) is 3.34. The molecule has 1 aliphatic rings. The van der Waals surface area contributed by atoms with Crippen LogP contribution in [0.5, 0.6) is 5.75 Å². The normalized spacial score (nSPS) is 13.9. The van der Waals surface area contributed by atoms with Gasteiger partial charge in [0.15, 0.2) is 0 Å². The van der Waals surface area contributed by atoms with E-state index in [0.29, 0.717) is 38.6 Å². The maximum Gasteiger partial charge on any atom is 0.240 e. The van der Waals surface area contributed by atoms with Gasteiger partial charge >= 0.3 is 0 Å². The summed E-state index contributed by atoms with van der Waals surface area (Å²) in [6.45, 7) is 4.10. The molecule has 8 heteroatoms. The van der Waals surface area contributed by atoms with Crippen molar-refractivity contribution in [2.24, 2.45) is 5.92 Å². The summed E-state index contributed by atoms with van der Waals surface area (Å²) in [5.74, 6) is 0.956. The smallest absolute Gasteiger partial charge is 0.240 e. The summed E-state index contributed by atoms with van der Waals surface area (Å²) in [5.41, 5.74) is 1.10. The first kappa shape index (κ1) is 23.7. The minimum absolute atomic E-state index is 0.0492. The van der Waals surface area contributed by atoms with E-state index in [9.17, 15) is 14.4 Å². The van der Waals surface area contributed by atoms with Gasteiger partial charge in [0.25, 0.3) is 0 Å². The predicted octanol–water partition coefficient (Wildman–Crippen LogP) is 0.707. The topological polar surface area (TPSA) is 99.8 Å². The summed E-state index contributed by atoms with van der Waals surface area (Å²) < 4.78 is 5.94. The number of nitrogens with zero attached hydrogens (tertiary/aromatic N) is 1. The van der Waals surface area contributed by atoms with Crippen molar-refractivity contribution in [3.8, 4) is 5.75 Å². The quantitative estimate of drug-likeness (QED) is 0.288. The third kappa shape index (κ3) is 8.02. The van der Waals surface area contributed by atoms with Gasteiger partial charge in [-0.15, -0.1) is 0 Å². The van der Waals surface area contributed by atoms with Crippen molar-refractivity contribution < 1.29 is 19.1 Å². The summed E-state index contributed by atoms with van der Waals surface area (Å²) in [4.78, 5) is 36.4. The fourth-order valence-corrected chi connectivity index (χ4v) is 3.34. The number of carbonyl (C=O) groups is 3. The molecule has 0 bridgehead atoms. The van der Waals surface area contributed by atoms with Gasteiger partial charge in [0.1, 0.15) is 12.4 Å². The molecule has 1 aliphatic carbocycles. The Kier molecular flexibility index (Phi) is 10.1. The van der Waals surface area contributed by atoms with Gasteiger partial charge in [0.2, 0.25) is 18.2 Å². The van der Waals surface area contributed by atoms with Crippen molar-refractivity contribution in [1.82, 2.24) is 20.9 Å². The van der Waals surface area contributed by atoms with Gasteiger partial charge in [0.05, 0.1) is 12.6 Å². The summed E-state index contributed by atoms with van der Waals surface area (Å²) in [7, 11) is 1.67. The van der Waals surface area contributed by atoms with E-state index in [4.69, 9.17) is 4.74 Å². The third-order valence-electron chi connectivity index (χ3n) is 5.04. The Hall–Kier alpha value is -2.61. The molecule has 8 nitrogen and oxygen atoms in total. The molecule has 1 saturated carbocycles. The van der Waals surface area contributed by atoms with Crippen LogP contribution in [0.3, 0.4) is 0 Å².